The highest BCUT2D eigenvalue weighted by Crippen LogP contribution is 2.35. The molecule has 1 atom stereocenters. The molecule has 1 aliphatic rings. The third-order valence-electron chi connectivity index (χ3n) is 4.32. The van der Waals surface area contributed by atoms with Crippen molar-refractivity contribution in [3.63, 3.8) is 0 Å². The molecular formula is C18H19NOS. The number of aryl methyl sites for hydroxylation is 2. The summed E-state index contributed by atoms with van der Waals surface area (Å²) in [4.78, 5) is 2.77. The van der Waals surface area contributed by atoms with E-state index in [-0.39, 0.29) is 6.04 Å². The van der Waals surface area contributed by atoms with E-state index in [2.05, 4.69) is 18.2 Å². The van der Waals surface area contributed by atoms with E-state index in [1.807, 2.05) is 29.5 Å². The molecule has 1 aliphatic carbocycles. The van der Waals surface area contributed by atoms with E-state index >= 15 is 0 Å². The maximum Gasteiger partial charge on any atom is 0.134 e. The minimum Gasteiger partial charge on any atom is -0.459 e. The summed E-state index contributed by atoms with van der Waals surface area (Å²) in [7, 11) is 0. The summed E-state index contributed by atoms with van der Waals surface area (Å²) in [6.45, 7) is 0. The van der Waals surface area contributed by atoms with E-state index in [1.54, 1.807) is 0 Å². The highest BCUT2D eigenvalue weighted by atomic mass is 32.1. The Bertz CT molecular complexity index is 714. The van der Waals surface area contributed by atoms with Gasteiger partial charge in [0.2, 0.25) is 0 Å². The zero-order valence-electron chi connectivity index (χ0n) is 12.0. The van der Waals surface area contributed by atoms with Crippen molar-refractivity contribution in [2.75, 3.05) is 0 Å². The van der Waals surface area contributed by atoms with Crippen LogP contribution in [0.3, 0.4) is 0 Å². The van der Waals surface area contributed by atoms with E-state index in [0.717, 1.165) is 16.7 Å². The van der Waals surface area contributed by atoms with Gasteiger partial charge in [-0.1, -0.05) is 24.6 Å². The largest absolute Gasteiger partial charge is 0.459 e. The van der Waals surface area contributed by atoms with Crippen LogP contribution in [0.1, 0.15) is 46.4 Å². The number of nitrogens with two attached hydrogens (primary N) is 1. The normalized spacial score (nSPS) is 16.6. The molecule has 3 heteroatoms. The molecule has 0 saturated carbocycles. The Balaban J connectivity index is 1.69. The standard InChI is InChI=1S/C18H19NOS/c19-18(15-10-12-6-4-5-8-14(12)20-15)17-11-13-7-2-1-3-9-16(13)21-17/h4-6,8,10-11,18H,1-3,7,9,19H2. The molecule has 2 nitrogen and oxygen atoms in total. The Hall–Kier alpha value is -1.58. The van der Waals surface area contributed by atoms with E-state index in [4.69, 9.17) is 10.2 Å². The van der Waals surface area contributed by atoms with Gasteiger partial charge in [0, 0.05) is 15.1 Å². The molecule has 0 fully saturated rings. The molecule has 21 heavy (non-hydrogen) atoms. The number of fused-ring (bicyclic) bond motifs is 2. The first kappa shape index (κ1) is 13.1. The number of furan rings is 1. The molecule has 1 aromatic carbocycles. The predicted molar refractivity (Wildman–Crippen MR) is 87.8 cm³/mol. The van der Waals surface area contributed by atoms with Crippen molar-refractivity contribution in [3.8, 4) is 0 Å². The number of hydrogen-bond acceptors (Lipinski definition) is 3. The van der Waals surface area contributed by atoms with Crippen molar-refractivity contribution in [3.05, 3.63) is 57.5 Å². The van der Waals surface area contributed by atoms with E-state index < -0.39 is 0 Å². The number of thiophene rings is 1. The molecule has 2 heterocycles. The Kier molecular flexibility index (Phi) is 3.32. The van der Waals surface area contributed by atoms with Gasteiger partial charge in [-0.3, -0.25) is 0 Å². The molecule has 0 aliphatic heterocycles. The first-order valence-electron chi connectivity index (χ1n) is 7.67. The number of benzene rings is 1. The Morgan fingerprint density at radius 3 is 2.81 bits per heavy atom. The third kappa shape index (κ3) is 2.41. The lowest BCUT2D eigenvalue weighted by atomic mass is 10.1. The Labute approximate surface area is 128 Å². The Morgan fingerprint density at radius 2 is 1.90 bits per heavy atom. The van der Waals surface area contributed by atoms with Crippen LogP contribution in [0.15, 0.2) is 40.8 Å². The third-order valence-corrected chi connectivity index (χ3v) is 5.64. The number of para-hydroxylation sites is 1. The minimum absolute atomic E-state index is 0.144. The lowest BCUT2D eigenvalue weighted by Crippen LogP contribution is -2.08. The minimum atomic E-state index is -0.144. The summed E-state index contributed by atoms with van der Waals surface area (Å²) in [6.07, 6.45) is 6.40. The second kappa shape index (κ2) is 5.32. The van der Waals surface area contributed by atoms with Crippen LogP contribution in [0.25, 0.3) is 11.0 Å². The van der Waals surface area contributed by atoms with Gasteiger partial charge in [0.1, 0.15) is 11.3 Å². The molecule has 0 bridgehead atoms. The molecule has 1 unspecified atom stereocenters. The first-order chi connectivity index (χ1) is 10.3. The van der Waals surface area contributed by atoms with Crippen LogP contribution in [-0.4, -0.2) is 0 Å². The van der Waals surface area contributed by atoms with Crippen molar-refractivity contribution in [1.29, 1.82) is 0 Å². The summed E-state index contributed by atoms with van der Waals surface area (Å²) in [6, 6.07) is 12.3. The summed E-state index contributed by atoms with van der Waals surface area (Å²) in [5, 5.41) is 1.13. The zero-order valence-corrected chi connectivity index (χ0v) is 12.8. The van der Waals surface area contributed by atoms with Gasteiger partial charge in [-0.2, -0.15) is 0 Å². The fraction of sp³-hybridized carbons (Fsp3) is 0.333. The molecule has 3 aromatic rings. The van der Waals surface area contributed by atoms with Crippen molar-refractivity contribution < 1.29 is 4.42 Å². The molecule has 2 aromatic heterocycles. The highest BCUT2D eigenvalue weighted by molar-refractivity contribution is 7.12. The molecule has 2 N–H and O–H groups in total. The van der Waals surface area contributed by atoms with Gasteiger partial charge in [-0.25, -0.2) is 0 Å². The summed E-state index contributed by atoms with van der Waals surface area (Å²) >= 11 is 1.88. The van der Waals surface area contributed by atoms with Gasteiger partial charge in [-0.05, 0) is 49.4 Å². The second-order valence-corrected chi connectivity index (χ2v) is 6.99. The highest BCUT2D eigenvalue weighted by Gasteiger charge is 2.19. The molecule has 0 radical (unpaired) electrons. The van der Waals surface area contributed by atoms with E-state index in [1.165, 1.54) is 47.4 Å². The van der Waals surface area contributed by atoms with Crippen LogP contribution in [0.4, 0.5) is 0 Å². The quantitative estimate of drug-likeness (QED) is 0.689. The zero-order chi connectivity index (χ0) is 14.2. The Morgan fingerprint density at radius 1 is 1.05 bits per heavy atom. The average Bonchev–Trinajstić information content (AvgIpc) is 3.05. The molecule has 108 valence electrons. The van der Waals surface area contributed by atoms with Crippen LogP contribution >= 0.6 is 11.3 Å². The summed E-state index contributed by atoms with van der Waals surface area (Å²) in [5.74, 6) is 0.868. The van der Waals surface area contributed by atoms with Crippen molar-refractivity contribution in [2.24, 2.45) is 5.73 Å². The first-order valence-corrected chi connectivity index (χ1v) is 8.48. The van der Waals surface area contributed by atoms with Crippen molar-refractivity contribution >= 4 is 22.3 Å². The number of hydrogen-bond donors (Lipinski definition) is 1. The smallest absolute Gasteiger partial charge is 0.134 e. The molecular weight excluding hydrogens is 278 g/mol. The molecule has 0 spiro atoms. The number of rotatable bonds is 2. The van der Waals surface area contributed by atoms with Gasteiger partial charge in [0.15, 0.2) is 0 Å². The van der Waals surface area contributed by atoms with Gasteiger partial charge in [0.25, 0.3) is 0 Å². The van der Waals surface area contributed by atoms with Crippen LogP contribution < -0.4 is 5.73 Å². The van der Waals surface area contributed by atoms with Crippen molar-refractivity contribution in [2.45, 2.75) is 38.1 Å². The van der Waals surface area contributed by atoms with Crippen LogP contribution in [0, 0.1) is 0 Å². The van der Waals surface area contributed by atoms with Gasteiger partial charge < -0.3 is 10.2 Å². The van der Waals surface area contributed by atoms with Gasteiger partial charge >= 0.3 is 0 Å². The maximum absolute atomic E-state index is 6.45. The SMILES string of the molecule is NC(c1cc2ccccc2o1)c1cc2c(s1)CCCCC2. The van der Waals surface area contributed by atoms with Crippen molar-refractivity contribution in [1.82, 2.24) is 0 Å². The van der Waals surface area contributed by atoms with E-state index in [0.29, 0.717) is 0 Å². The molecule has 0 amide bonds. The summed E-state index contributed by atoms with van der Waals surface area (Å²) in [5.41, 5.74) is 8.88. The fourth-order valence-electron chi connectivity index (χ4n) is 3.14. The molecule has 0 saturated heterocycles. The lowest BCUT2D eigenvalue weighted by Gasteiger charge is -2.05. The summed E-state index contributed by atoms with van der Waals surface area (Å²) < 4.78 is 5.92. The van der Waals surface area contributed by atoms with E-state index in [9.17, 15) is 0 Å². The van der Waals surface area contributed by atoms with Gasteiger partial charge in [-0.15, -0.1) is 11.3 Å². The van der Waals surface area contributed by atoms with Gasteiger partial charge in [0.05, 0.1) is 6.04 Å². The second-order valence-electron chi connectivity index (χ2n) is 5.82. The monoisotopic (exact) mass is 297 g/mol. The topological polar surface area (TPSA) is 39.2 Å². The maximum atomic E-state index is 6.45. The predicted octanol–water partition coefficient (Wildman–Crippen LogP) is 4.81. The fourth-order valence-corrected chi connectivity index (χ4v) is 4.41. The average molecular weight is 297 g/mol. The molecule has 4 rings (SSSR count). The van der Waals surface area contributed by atoms with Crippen LogP contribution in [0.5, 0.6) is 0 Å². The lowest BCUT2D eigenvalue weighted by molar-refractivity contribution is 0.527. The van der Waals surface area contributed by atoms with Crippen LogP contribution in [0.2, 0.25) is 0 Å². The van der Waals surface area contributed by atoms with Crippen LogP contribution in [-0.2, 0) is 12.8 Å².